The van der Waals surface area contributed by atoms with E-state index in [9.17, 15) is 13.2 Å². The molecule has 1 fully saturated rings. The van der Waals surface area contributed by atoms with Gasteiger partial charge in [-0.1, -0.05) is 36.9 Å². The van der Waals surface area contributed by atoms with Crippen LogP contribution < -0.4 is 5.32 Å². The van der Waals surface area contributed by atoms with E-state index in [1.807, 2.05) is 18.2 Å². The maximum absolute atomic E-state index is 12.9. The minimum absolute atomic E-state index is 0.238. The Morgan fingerprint density at radius 3 is 2.25 bits per heavy atom. The first-order chi connectivity index (χ1) is 13.5. The Balaban J connectivity index is 1.55. The molecular formula is C21H25N3O3S. The van der Waals surface area contributed by atoms with Gasteiger partial charge in [0.15, 0.2) is 0 Å². The first-order valence-electron chi connectivity index (χ1n) is 9.29. The van der Waals surface area contributed by atoms with Crippen molar-refractivity contribution >= 4 is 21.6 Å². The Bertz CT molecular complexity index is 904. The van der Waals surface area contributed by atoms with E-state index in [0.717, 1.165) is 26.1 Å². The number of amides is 1. The summed E-state index contributed by atoms with van der Waals surface area (Å²) < 4.78 is 27.3. The lowest BCUT2D eigenvalue weighted by atomic mass is 10.1. The number of carbonyl (C=O) groups is 1. The summed E-state index contributed by atoms with van der Waals surface area (Å²) in [7, 11) is -3.53. The first kappa shape index (κ1) is 20.3. The highest BCUT2D eigenvalue weighted by Gasteiger charge is 2.28. The van der Waals surface area contributed by atoms with Crippen LogP contribution in [0.4, 0.5) is 5.69 Å². The summed E-state index contributed by atoms with van der Waals surface area (Å²) in [6, 6.07) is 16.5. The first-order valence-corrected chi connectivity index (χ1v) is 10.7. The summed E-state index contributed by atoms with van der Waals surface area (Å²) in [6.07, 6.45) is 2.13. The van der Waals surface area contributed by atoms with Gasteiger partial charge >= 0.3 is 0 Å². The van der Waals surface area contributed by atoms with Crippen molar-refractivity contribution in [2.45, 2.75) is 11.3 Å². The van der Waals surface area contributed by atoms with E-state index in [1.54, 1.807) is 12.1 Å². The number of piperazine rings is 1. The molecule has 3 rings (SSSR count). The van der Waals surface area contributed by atoms with E-state index in [2.05, 4.69) is 28.9 Å². The van der Waals surface area contributed by atoms with Crippen molar-refractivity contribution < 1.29 is 13.2 Å². The number of rotatable bonds is 7. The van der Waals surface area contributed by atoms with E-state index in [4.69, 9.17) is 0 Å². The zero-order chi connectivity index (χ0) is 20.0. The SMILES string of the molecule is C=CC(=O)Nc1ccc(S(=O)(=O)N2CCN(CCc3ccccc3)CC2)cc1. The molecule has 28 heavy (non-hydrogen) atoms. The molecule has 6 nitrogen and oxygen atoms in total. The summed E-state index contributed by atoms with van der Waals surface area (Å²) in [4.78, 5) is 13.9. The van der Waals surface area contributed by atoms with Gasteiger partial charge in [-0.2, -0.15) is 4.31 Å². The largest absolute Gasteiger partial charge is 0.323 e. The summed E-state index contributed by atoms with van der Waals surface area (Å²) in [5.41, 5.74) is 1.83. The Labute approximate surface area is 166 Å². The third kappa shape index (κ3) is 5.07. The lowest BCUT2D eigenvalue weighted by Crippen LogP contribution is -2.48. The van der Waals surface area contributed by atoms with Crippen LogP contribution in [0.3, 0.4) is 0 Å². The van der Waals surface area contributed by atoms with Crippen LogP contribution in [0.2, 0.25) is 0 Å². The summed E-state index contributed by atoms with van der Waals surface area (Å²) in [5.74, 6) is -0.331. The molecule has 1 aliphatic heterocycles. The molecule has 2 aromatic carbocycles. The van der Waals surface area contributed by atoms with Crippen LogP contribution >= 0.6 is 0 Å². The molecule has 0 unspecified atom stereocenters. The van der Waals surface area contributed by atoms with Gasteiger partial charge in [-0.25, -0.2) is 8.42 Å². The normalized spacial score (nSPS) is 15.9. The Morgan fingerprint density at radius 1 is 1.00 bits per heavy atom. The van der Waals surface area contributed by atoms with E-state index < -0.39 is 10.0 Å². The average Bonchev–Trinajstić information content (AvgIpc) is 2.73. The average molecular weight is 400 g/mol. The lowest BCUT2D eigenvalue weighted by molar-refractivity contribution is -0.111. The fourth-order valence-corrected chi connectivity index (χ4v) is 4.60. The zero-order valence-corrected chi connectivity index (χ0v) is 16.6. The fourth-order valence-electron chi connectivity index (χ4n) is 3.18. The molecule has 0 aromatic heterocycles. The van der Waals surface area contributed by atoms with Crippen molar-refractivity contribution in [3.05, 3.63) is 72.8 Å². The van der Waals surface area contributed by atoms with Crippen LogP contribution in [0.25, 0.3) is 0 Å². The van der Waals surface area contributed by atoms with Crippen molar-refractivity contribution in [2.24, 2.45) is 0 Å². The summed E-state index contributed by atoms with van der Waals surface area (Å²) in [5, 5.41) is 2.61. The van der Waals surface area contributed by atoms with E-state index >= 15 is 0 Å². The second-order valence-electron chi connectivity index (χ2n) is 6.70. The zero-order valence-electron chi connectivity index (χ0n) is 15.8. The number of nitrogens with one attached hydrogen (secondary N) is 1. The van der Waals surface area contributed by atoms with Gasteiger partial charge in [-0.15, -0.1) is 0 Å². The van der Waals surface area contributed by atoms with Crippen molar-refractivity contribution in [2.75, 3.05) is 38.0 Å². The van der Waals surface area contributed by atoms with E-state index in [1.165, 1.54) is 28.1 Å². The third-order valence-electron chi connectivity index (χ3n) is 4.84. The predicted molar refractivity (Wildman–Crippen MR) is 111 cm³/mol. The minimum Gasteiger partial charge on any atom is -0.323 e. The van der Waals surface area contributed by atoms with E-state index in [-0.39, 0.29) is 10.8 Å². The maximum atomic E-state index is 12.9. The number of sulfonamides is 1. The highest BCUT2D eigenvalue weighted by Crippen LogP contribution is 2.20. The Kier molecular flexibility index (Phi) is 6.61. The van der Waals surface area contributed by atoms with E-state index in [0.29, 0.717) is 18.8 Å². The molecule has 0 radical (unpaired) electrons. The molecule has 148 valence electrons. The molecule has 1 aliphatic rings. The number of hydrogen-bond donors (Lipinski definition) is 1. The molecular weight excluding hydrogens is 374 g/mol. The second-order valence-corrected chi connectivity index (χ2v) is 8.64. The number of anilines is 1. The van der Waals surface area contributed by atoms with Crippen molar-refractivity contribution in [3.63, 3.8) is 0 Å². The quantitative estimate of drug-likeness (QED) is 0.726. The maximum Gasteiger partial charge on any atom is 0.247 e. The highest BCUT2D eigenvalue weighted by molar-refractivity contribution is 7.89. The molecule has 1 heterocycles. The molecule has 7 heteroatoms. The van der Waals surface area contributed by atoms with Gasteiger partial charge in [0, 0.05) is 38.4 Å². The van der Waals surface area contributed by atoms with Gasteiger partial charge < -0.3 is 10.2 Å². The van der Waals surface area contributed by atoms with Crippen LogP contribution in [-0.4, -0.2) is 56.3 Å². The Morgan fingerprint density at radius 2 is 1.64 bits per heavy atom. The van der Waals surface area contributed by atoms with Gasteiger partial charge in [-0.05, 0) is 42.3 Å². The lowest BCUT2D eigenvalue weighted by Gasteiger charge is -2.34. The summed E-state index contributed by atoms with van der Waals surface area (Å²) in [6.45, 7) is 6.72. The smallest absolute Gasteiger partial charge is 0.247 e. The number of hydrogen-bond acceptors (Lipinski definition) is 4. The molecule has 1 amide bonds. The van der Waals surface area contributed by atoms with Gasteiger partial charge in [-0.3, -0.25) is 4.79 Å². The van der Waals surface area contributed by atoms with Crippen LogP contribution in [0.5, 0.6) is 0 Å². The molecule has 0 spiro atoms. The third-order valence-corrected chi connectivity index (χ3v) is 6.75. The van der Waals surface area contributed by atoms with Crippen molar-refractivity contribution in [1.29, 1.82) is 0 Å². The highest BCUT2D eigenvalue weighted by atomic mass is 32.2. The number of benzene rings is 2. The monoisotopic (exact) mass is 399 g/mol. The number of carbonyl (C=O) groups excluding carboxylic acids is 1. The van der Waals surface area contributed by atoms with Gasteiger partial charge in [0.05, 0.1) is 4.90 Å². The minimum atomic E-state index is -3.53. The molecule has 2 aromatic rings. The van der Waals surface area contributed by atoms with Crippen molar-refractivity contribution in [3.8, 4) is 0 Å². The predicted octanol–water partition coefficient (Wildman–Crippen LogP) is 2.36. The van der Waals surface area contributed by atoms with Crippen LogP contribution in [0.1, 0.15) is 5.56 Å². The van der Waals surface area contributed by atoms with Crippen LogP contribution in [0, 0.1) is 0 Å². The standard InChI is InChI=1S/C21H25N3O3S/c1-2-21(25)22-19-8-10-20(11-9-19)28(26,27)24-16-14-23(15-17-24)13-12-18-6-4-3-5-7-18/h2-11H,1,12-17H2,(H,22,25). The molecule has 1 saturated heterocycles. The molecule has 0 atom stereocenters. The molecule has 0 saturated carbocycles. The molecule has 0 bridgehead atoms. The Hall–Kier alpha value is -2.48. The van der Waals surface area contributed by atoms with Crippen molar-refractivity contribution in [1.82, 2.24) is 9.21 Å². The molecule has 1 N–H and O–H groups in total. The van der Waals surface area contributed by atoms with Crippen LogP contribution in [0.15, 0.2) is 72.1 Å². The summed E-state index contributed by atoms with van der Waals surface area (Å²) >= 11 is 0. The van der Waals surface area contributed by atoms with Crippen LogP contribution in [-0.2, 0) is 21.2 Å². The molecule has 0 aliphatic carbocycles. The second kappa shape index (κ2) is 9.14. The topological polar surface area (TPSA) is 69.7 Å². The van der Waals surface area contributed by atoms with Gasteiger partial charge in [0.1, 0.15) is 0 Å². The van der Waals surface area contributed by atoms with Gasteiger partial charge in [0.2, 0.25) is 15.9 Å². The fraction of sp³-hybridized carbons (Fsp3) is 0.286. The number of nitrogens with zero attached hydrogens (tertiary/aromatic N) is 2. The van der Waals surface area contributed by atoms with Gasteiger partial charge in [0.25, 0.3) is 0 Å².